The molecule has 6 rings (SSSR count). The Morgan fingerprint density at radius 1 is 1.28 bits per heavy atom. The molecule has 3 heterocycles. The van der Waals surface area contributed by atoms with Gasteiger partial charge in [-0.25, -0.2) is 13.9 Å². The van der Waals surface area contributed by atoms with Crippen LogP contribution >= 0.6 is 7.75 Å². The van der Waals surface area contributed by atoms with E-state index in [0.29, 0.717) is 17.4 Å². The Bertz CT molecular complexity index is 1590. The van der Waals surface area contributed by atoms with Crippen LogP contribution in [-0.4, -0.2) is 79.3 Å². The van der Waals surface area contributed by atoms with E-state index in [-0.39, 0.29) is 17.3 Å². The van der Waals surface area contributed by atoms with Crippen LogP contribution in [0.5, 0.6) is 5.75 Å². The second-order valence-corrected chi connectivity index (χ2v) is 13.3. The highest BCUT2D eigenvalue weighted by molar-refractivity contribution is 7.52. The number of nitrogen functional groups attached to an aromatic ring is 1. The number of hydrogen-bond acceptors (Lipinski definition) is 12. The van der Waals surface area contributed by atoms with Gasteiger partial charge in [-0.1, -0.05) is 18.2 Å². The van der Waals surface area contributed by atoms with Gasteiger partial charge in [0, 0.05) is 13.1 Å². The van der Waals surface area contributed by atoms with Gasteiger partial charge < -0.3 is 29.7 Å². The summed E-state index contributed by atoms with van der Waals surface area (Å²) in [6.07, 6.45) is -1.04. The highest BCUT2D eigenvalue weighted by Gasteiger charge is 2.85. The minimum atomic E-state index is -4.41. The van der Waals surface area contributed by atoms with Crippen LogP contribution in [0.4, 0.5) is 16.2 Å². The standard InChI is InChI=1S/C27H35FN7O7P/c1-14(2)39-23(36)15(3)33-43(38,41-17-9-7-6-8-10-17)42-20-19-27(20,37)26(4,28)24(40-19)35-13-30-18-21(34(5)16-11-12-16)31-25(29)32-22(18)35/h6-10,13-16,19-20,24,37H,11-12H2,1-5H3,(H,33,38)(H2,29,31,32)/t15-,19+,20?,24+,26-,27-,43-/m0/s1. The largest absolute Gasteiger partial charge is 0.462 e. The molecule has 232 valence electrons. The number of carbonyl (C=O) groups is 1. The molecule has 14 nitrogen and oxygen atoms in total. The number of benzene rings is 1. The molecular formula is C27H35FN7O7P. The summed E-state index contributed by atoms with van der Waals surface area (Å²) in [6.45, 7) is 5.94. The maximum atomic E-state index is 16.7. The second kappa shape index (κ2) is 10.4. The van der Waals surface area contributed by atoms with Gasteiger partial charge in [0.2, 0.25) is 5.95 Å². The van der Waals surface area contributed by atoms with E-state index < -0.39 is 55.6 Å². The number of rotatable bonds is 11. The van der Waals surface area contributed by atoms with Gasteiger partial charge in [-0.2, -0.15) is 15.1 Å². The topological polar surface area (TPSA) is 176 Å². The molecule has 7 atom stereocenters. The molecule has 16 heteroatoms. The number of carbonyl (C=O) groups excluding carboxylic acids is 1. The van der Waals surface area contributed by atoms with E-state index in [1.165, 1.54) is 30.0 Å². The number of hydrogen-bond donors (Lipinski definition) is 3. The fourth-order valence-corrected chi connectivity index (χ4v) is 7.12. The Kier molecular flexibility index (Phi) is 7.17. The van der Waals surface area contributed by atoms with Crippen molar-refractivity contribution in [3.8, 4) is 5.75 Å². The molecule has 2 aromatic heterocycles. The van der Waals surface area contributed by atoms with Crippen molar-refractivity contribution in [3.05, 3.63) is 36.7 Å². The Morgan fingerprint density at radius 3 is 2.58 bits per heavy atom. The first-order chi connectivity index (χ1) is 20.2. The Labute approximate surface area is 247 Å². The summed E-state index contributed by atoms with van der Waals surface area (Å²) in [5, 5.41) is 14.1. The number of anilines is 2. The lowest BCUT2D eigenvalue weighted by molar-refractivity contribution is -0.149. The molecule has 0 bridgehead atoms. The first-order valence-corrected chi connectivity index (χ1v) is 15.6. The van der Waals surface area contributed by atoms with Crippen molar-refractivity contribution in [1.29, 1.82) is 0 Å². The third-order valence-electron chi connectivity index (χ3n) is 7.94. The number of imidazole rings is 1. The van der Waals surface area contributed by atoms with E-state index in [2.05, 4.69) is 20.0 Å². The van der Waals surface area contributed by atoms with E-state index in [9.17, 15) is 14.5 Å². The van der Waals surface area contributed by atoms with Crippen LogP contribution in [0.1, 0.15) is 46.8 Å². The number of aliphatic hydroxyl groups is 1. The number of esters is 1. The molecule has 3 aliphatic rings. The predicted molar refractivity (Wildman–Crippen MR) is 153 cm³/mol. The van der Waals surface area contributed by atoms with Crippen molar-refractivity contribution in [2.45, 2.75) is 88.4 Å². The molecule has 1 unspecified atom stereocenters. The molecule has 3 fully saturated rings. The van der Waals surface area contributed by atoms with Crippen LogP contribution in [0.15, 0.2) is 36.7 Å². The molecule has 0 spiro atoms. The zero-order valence-electron chi connectivity index (χ0n) is 24.4. The summed E-state index contributed by atoms with van der Waals surface area (Å²) < 4.78 is 54.6. The summed E-state index contributed by atoms with van der Waals surface area (Å²) in [5.41, 5.74) is 1.96. The number of nitrogens with zero attached hydrogens (tertiary/aromatic N) is 5. The number of nitrogens with one attached hydrogen (secondary N) is 1. The number of nitrogens with two attached hydrogens (primary N) is 1. The first kappa shape index (κ1) is 29.7. The number of para-hydroxylation sites is 1. The van der Waals surface area contributed by atoms with Crippen molar-refractivity contribution in [3.63, 3.8) is 0 Å². The third-order valence-corrected chi connectivity index (χ3v) is 9.60. The van der Waals surface area contributed by atoms with Gasteiger partial charge in [0.1, 0.15) is 24.0 Å². The van der Waals surface area contributed by atoms with Crippen LogP contribution in [0.2, 0.25) is 0 Å². The zero-order valence-corrected chi connectivity index (χ0v) is 25.3. The quantitative estimate of drug-likeness (QED) is 0.211. The molecule has 1 aromatic carbocycles. The summed E-state index contributed by atoms with van der Waals surface area (Å²) in [6, 6.07) is 7.30. The summed E-state index contributed by atoms with van der Waals surface area (Å²) in [7, 11) is -2.52. The van der Waals surface area contributed by atoms with E-state index in [1.54, 1.807) is 32.0 Å². The molecule has 1 aliphatic heterocycles. The highest BCUT2D eigenvalue weighted by Crippen LogP contribution is 2.66. The van der Waals surface area contributed by atoms with Gasteiger partial charge >= 0.3 is 13.7 Å². The molecule has 43 heavy (non-hydrogen) atoms. The second-order valence-electron chi connectivity index (χ2n) is 11.6. The van der Waals surface area contributed by atoms with Gasteiger partial charge in [-0.3, -0.25) is 13.9 Å². The van der Waals surface area contributed by atoms with Crippen LogP contribution in [0, 0.1) is 0 Å². The molecule has 3 aromatic rings. The van der Waals surface area contributed by atoms with Crippen molar-refractivity contribution < 1.29 is 37.4 Å². The normalized spacial score (nSPS) is 30.1. The molecule has 2 saturated carbocycles. The Hall–Kier alpha value is -3.36. The van der Waals surface area contributed by atoms with E-state index >= 15 is 4.39 Å². The van der Waals surface area contributed by atoms with Gasteiger partial charge in [0.15, 0.2) is 34.5 Å². The fraction of sp³-hybridized carbons (Fsp3) is 0.556. The van der Waals surface area contributed by atoms with Gasteiger partial charge in [0.25, 0.3) is 0 Å². The van der Waals surface area contributed by atoms with E-state index in [1.807, 2.05) is 11.9 Å². The van der Waals surface area contributed by atoms with Crippen LogP contribution in [0.25, 0.3) is 11.2 Å². The van der Waals surface area contributed by atoms with E-state index in [4.69, 9.17) is 24.3 Å². The lowest BCUT2D eigenvalue weighted by atomic mass is 9.97. The molecule has 1 saturated heterocycles. The molecular weight excluding hydrogens is 584 g/mol. The highest BCUT2D eigenvalue weighted by atomic mass is 31.2. The first-order valence-electron chi connectivity index (χ1n) is 14.1. The fourth-order valence-electron chi connectivity index (χ4n) is 5.41. The predicted octanol–water partition coefficient (Wildman–Crippen LogP) is 2.88. The number of halogens is 1. The van der Waals surface area contributed by atoms with Crippen LogP contribution in [0.3, 0.4) is 0 Å². The Morgan fingerprint density at radius 2 is 1.98 bits per heavy atom. The van der Waals surface area contributed by atoms with Crippen molar-refractivity contribution in [2.24, 2.45) is 0 Å². The maximum absolute atomic E-state index is 16.7. The number of ether oxygens (including phenoxy) is 2. The SMILES string of the molecule is CC(C)OC(=O)[C@H](C)N[P@](=O)(Oc1ccccc1)OC1[C@H]2O[C@@H](n3cnc4c(N(C)C5CC5)nc(N)nc43)[C@](C)(F)[C@@]12O. The van der Waals surface area contributed by atoms with Crippen LogP contribution in [-0.2, 0) is 23.4 Å². The lowest BCUT2D eigenvalue weighted by Gasteiger charge is -2.32. The maximum Gasteiger partial charge on any atom is 0.459 e. The minimum Gasteiger partial charge on any atom is -0.462 e. The zero-order chi connectivity index (χ0) is 30.9. The molecule has 4 N–H and O–H groups in total. The monoisotopic (exact) mass is 619 g/mol. The van der Waals surface area contributed by atoms with Gasteiger partial charge in [-0.05, 0) is 52.7 Å². The molecule has 2 aliphatic carbocycles. The van der Waals surface area contributed by atoms with Crippen molar-refractivity contribution in [2.75, 3.05) is 17.7 Å². The van der Waals surface area contributed by atoms with Gasteiger partial charge in [-0.15, -0.1) is 0 Å². The summed E-state index contributed by atoms with van der Waals surface area (Å²) in [5.74, 6) is -0.0357. The number of aromatic nitrogens is 4. The third kappa shape index (κ3) is 5.12. The summed E-state index contributed by atoms with van der Waals surface area (Å²) in [4.78, 5) is 27.5. The van der Waals surface area contributed by atoms with Crippen molar-refractivity contribution in [1.82, 2.24) is 24.6 Å². The van der Waals surface area contributed by atoms with E-state index in [0.717, 1.165) is 19.8 Å². The number of fused-ring (bicyclic) bond motifs is 2. The minimum absolute atomic E-state index is 0.0180. The Balaban J connectivity index is 1.26. The average molecular weight is 620 g/mol. The van der Waals surface area contributed by atoms with Crippen LogP contribution < -0.4 is 20.2 Å². The average Bonchev–Trinajstić information content (AvgIpc) is 3.81. The smallest absolute Gasteiger partial charge is 0.459 e. The molecule has 0 radical (unpaired) electrons. The van der Waals surface area contributed by atoms with Crippen molar-refractivity contribution >= 4 is 36.6 Å². The lowest BCUT2D eigenvalue weighted by Crippen LogP contribution is -2.45. The van der Waals surface area contributed by atoms with Gasteiger partial charge in [0.05, 0.1) is 12.4 Å². The summed E-state index contributed by atoms with van der Waals surface area (Å²) >= 11 is 0. The molecule has 0 amide bonds. The number of alkyl halides is 1.